The van der Waals surface area contributed by atoms with Crippen LogP contribution in [0.3, 0.4) is 0 Å². The molecule has 0 radical (unpaired) electrons. The Bertz CT molecular complexity index is 481. The van der Waals surface area contributed by atoms with Gasteiger partial charge in [-0.05, 0) is 81.2 Å². The zero-order chi connectivity index (χ0) is 13.9. The van der Waals surface area contributed by atoms with Crippen LogP contribution in [0.4, 0.5) is 0 Å². The van der Waals surface area contributed by atoms with Gasteiger partial charge < -0.3 is 5.73 Å². The lowest BCUT2D eigenvalue weighted by Gasteiger charge is -2.57. The molecule has 4 bridgehead atoms. The van der Waals surface area contributed by atoms with Gasteiger partial charge in [-0.3, -0.25) is 4.68 Å². The van der Waals surface area contributed by atoms with E-state index in [9.17, 15) is 0 Å². The standard InChI is InChI=1S/C17H27N3/c1-11(9-18)16-10-19-20(12(16)2)17-6-13-3-14(7-17)5-15(4-13)8-17/h10-11,13-15H,3-9,18H2,1-2H3. The Morgan fingerprint density at radius 3 is 2.30 bits per heavy atom. The highest BCUT2D eigenvalue weighted by Gasteiger charge is 2.52. The maximum atomic E-state index is 5.85. The molecule has 20 heavy (non-hydrogen) atoms. The highest BCUT2D eigenvalue weighted by Crippen LogP contribution is 2.58. The average molecular weight is 273 g/mol. The van der Waals surface area contributed by atoms with E-state index in [-0.39, 0.29) is 0 Å². The largest absolute Gasteiger partial charge is 0.330 e. The first-order valence-electron chi connectivity index (χ1n) is 8.36. The molecule has 3 heteroatoms. The predicted molar refractivity (Wildman–Crippen MR) is 80.6 cm³/mol. The molecule has 4 aliphatic carbocycles. The highest BCUT2D eigenvalue weighted by molar-refractivity contribution is 5.23. The Morgan fingerprint density at radius 2 is 1.80 bits per heavy atom. The van der Waals surface area contributed by atoms with Crippen molar-refractivity contribution < 1.29 is 0 Å². The summed E-state index contributed by atoms with van der Waals surface area (Å²) in [6.07, 6.45) is 10.7. The van der Waals surface area contributed by atoms with Crippen LogP contribution in [0, 0.1) is 24.7 Å². The Balaban J connectivity index is 1.72. The third-order valence-corrected chi connectivity index (χ3v) is 6.39. The second kappa shape index (κ2) is 4.33. The fourth-order valence-corrected chi connectivity index (χ4v) is 5.84. The lowest BCUT2D eigenvalue weighted by molar-refractivity contribution is -0.0504. The molecular weight excluding hydrogens is 246 g/mol. The average Bonchev–Trinajstić information content (AvgIpc) is 2.79. The van der Waals surface area contributed by atoms with E-state index in [4.69, 9.17) is 10.8 Å². The second-order valence-electron chi connectivity index (χ2n) is 7.88. The number of aromatic nitrogens is 2. The molecule has 4 fully saturated rings. The number of rotatable bonds is 3. The zero-order valence-corrected chi connectivity index (χ0v) is 12.8. The highest BCUT2D eigenvalue weighted by atomic mass is 15.3. The summed E-state index contributed by atoms with van der Waals surface area (Å²) in [5.41, 5.74) is 8.95. The van der Waals surface area contributed by atoms with Crippen molar-refractivity contribution in [2.75, 3.05) is 6.54 Å². The van der Waals surface area contributed by atoms with Gasteiger partial charge >= 0.3 is 0 Å². The van der Waals surface area contributed by atoms with Crippen molar-refractivity contribution in [2.45, 2.75) is 63.8 Å². The van der Waals surface area contributed by atoms with E-state index in [1.54, 1.807) is 0 Å². The van der Waals surface area contributed by atoms with E-state index in [0.29, 0.717) is 18.0 Å². The van der Waals surface area contributed by atoms with Crippen molar-refractivity contribution >= 4 is 0 Å². The molecule has 1 aromatic rings. The number of nitrogens with two attached hydrogens (primary N) is 1. The molecule has 110 valence electrons. The van der Waals surface area contributed by atoms with Crippen LogP contribution < -0.4 is 5.73 Å². The van der Waals surface area contributed by atoms with Gasteiger partial charge in [0, 0.05) is 5.69 Å². The van der Waals surface area contributed by atoms with Crippen LogP contribution in [0.25, 0.3) is 0 Å². The van der Waals surface area contributed by atoms with Crippen molar-refractivity contribution in [3.63, 3.8) is 0 Å². The Hall–Kier alpha value is -0.830. The summed E-state index contributed by atoms with van der Waals surface area (Å²) in [4.78, 5) is 0. The van der Waals surface area contributed by atoms with Crippen LogP contribution in [0.15, 0.2) is 6.20 Å². The normalized spacial score (nSPS) is 40.2. The summed E-state index contributed by atoms with van der Waals surface area (Å²) in [6, 6.07) is 0. The number of hydrogen-bond donors (Lipinski definition) is 1. The summed E-state index contributed by atoms with van der Waals surface area (Å²) in [5.74, 6) is 3.35. The van der Waals surface area contributed by atoms with Crippen molar-refractivity contribution in [1.29, 1.82) is 0 Å². The van der Waals surface area contributed by atoms with Gasteiger partial charge in [-0.15, -0.1) is 0 Å². The molecule has 1 unspecified atom stereocenters. The minimum atomic E-state index is 0.353. The van der Waals surface area contributed by atoms with Gasteiger partial charge in [-0.2, -0.15) is 5.10 Å². The minimum Gasteiger partial charge on any atom is -0.330 e. The van der Waals surface area contributed by atoms with Crippen LogP contribution in [-0.2, 0) is 5.54 Å². The first-order valence-corrected chi connectivity index (χ1v) is 8.36. The second-order valence-corrected chi connectivity index (χ2v) is 7.88. The van der Waals surface area contributed by atoms with Crippen LogP contribution in [0.5, 0.6) is 0 Å². The Kier molecular flexibility index (Phi) is 2.79. The lowest BCUT2D eigenvalue weighted by atomic mass is 9.53. The van der Waals surface area contributed by atoms with Gasteiger partial charge in [-0.25, -0.2) is 0 Å². The van der Waals surface area contributed by atoms with E-state index < -0.39 is 0 Å². The van der Waals surface area contributed by atoms with E-state index in [1.165, 1.54) is 49.8 Å². The van der Waals surface area contributed by atoms with E-state index in [1.807, 2.05) is 0 Å². The SMILES string of the molecule is Cc1c(C(C)CN)cnn1C12CC3CC(CC(C3)C1)C2. The summed E-state index contributed by atoms with van der Waals surface area (Å²) in [7, 11) is 0. The van der Waals surface area contributed by atoms with Crippen molar-refractivity contribution in [3.8, 4) is 0 Å². The third-order valence-electron chi connectivity index (χ3n) is 6.39. The molecule has 0 saturated heterocycles. The molecule has 0 amide bonds. The molecule has 0 aliphatic heterocycles. The van der Waals surface area contributed by atoms with Crippen LogP contribution >= 0.6 is 0 Å². The Morgan fingerprint density at radius 1 is 1.25 bits per heavy atom. The van der Waals surface area contributed by atoms with Gasteiger partial charge in [-0.1, -0.05) is 6.92 Å². The van der Waals surface area contributed by atoms with Gasteiger partial charge in [0.05, 0.1) is 11.7 Å². The molecule has 0 aromatic carbocycles. The molecule has 0 spiro atoms. The predicted octanol–water partition coefficient (Wildman–Crippen LogP) is 3.18. The topological polar surface area (TPSA) is 43.8 Å². The van der Waals surface area contributed by atoms with Gasteiger partial charge in [0.2, 0.25) is 0 Å². The fraction of sp³-hybridized carbons (Fsp3) is 0.824. The van der Waals surface area contributed by atoms with Crippen molar-refractivity contribution in [2.24, 2.45) is 23.5 Å². The monoisotopic (exact) mass is 273 g/mol. The molecule has 2 N–H and O–H groups in total. The zero-order valence-electron chi connectivity index (χ0n) is 12.8. The van der Waals surface area contributed by atoms with Gasteiger partial charge in [0.25, 0.3) is 0 Å². The first kappa shape index (κ1) is 12.9. The fourth-order valence-electron chi connectivity index (χ4n) is 5.84. The molecule has 3 nitrogen and oxygen atoms in total. The van der Waals surface area contributed by atoms with Crippen molar-refractivity contribution in [3.05, 3.63) is 17.5 Å². The molecule has 1 atom stereocenters. The maximum absolute atomic E-state index is 5.85. The Labute approximate surface area is 121 Å². The smallest absolute Gasteiger partial charge is 0.0638 e. The maximum Gasteiger partial charge on any atom is 0.0638 e. The molecule has 5 rings (SSSR count). The number of nitrogens with zero attached hydrogens (tertiary/aromatic N) is 2. The van der Waals surface area contributed by atoms with E-state index >= 15 is 0 Å². The van der Waals surface area contributed by atoms with Gasteiger partial charge in [0.1, 0.15) is 0 Å². The number of hydrogen-bond acceptors (Lipinski definition) is 2. The molecule has 4 saturated carbocycles. The van der Waals surface area contributed by atoms with Crippen LogP contribution in [-0.4, -0.2) is 16.3 Å². The first-order chi connectivity index (χ1) is 9.61. The van der Waals surface area contributed by atoms with E-state index in [2.05, 4.69) is 24.7 Å². The van der Waals surface area contributed by atoms with Crippen LogP contribution in [0.2, 0.25) is 0 Å². The molecular formula is C17H27N3. The summed E-state index contributed by atoms with van der Waals surface area (Å²) in [6.45, 7) is 5.19. The molecule has 1 aromatic heterocycles. The van der Waals surface area contributed by atoms with Crippen LogP contribution in [0.1, 0.15) is 62.6 Å². The minimum absolute atomic E-state index is 0.353. The van der Waals surface area contributed by atoms with Crippen molar-refractivity contribution in [1.82, 2.24) is 9.78 Å². The summed E-state index contributed by atoms with van der Waals surface area (Å²) >= 11 is 0. The molecule has 4 aliphatic rings. The quantitative estimate of drug-likeness (QED) is 0.919. The molecule has 1 heterocycles. The summed E-state index contributed by atoms with van der Waals surface area (Å²) < 4.78 is 2.42. The summed E-state index contributed by atoms with van der Waals surface area (Å²) in [5, 5.41) is 4.84. The van der Waals surface area contributed by atoms with E-state index in [0.717, 1.165) is 17.8 Å². The third kappa shape index (κ3) is 1.71. The lowest BCUT2D eigenvalue weighted by Crippen LogP contribution is -2.52. The van der Waals surface area contributed by atoms with Gasteiger partial charge in [0.15, 0.2) is 0 Å².